The number of hydrogen-bond acceptors (Lipinski definition) is 2. The lowest BCUT2D eigenvalue weighted by Gasteiger charge is -2.16. The number of rotatable bonds is 5. The lowest BCUT2D eigenvalue weighted by atomic mass is 10.0. The molecule has 0 aliphatic heterocycles. The molecule has 88 valence electrons. The first-order valence-electron chi connectivity index (χ1n) is 5.62. The van der Waals surface area contributed by atoms with Crippen molar-refractivity contribution in [1.29, 1.82) is 0 Å². The summed E-state index contributed by atoms with van der Waals surface area (Å²) in [6, 6.07) is 3.91. The summed E-state index contributed by atoms with van der Waals surface area (Å²) in [5.41, 5.74) is 2.89. The average Bonchev–Trinajstić information content (AvgIpc) is 3.08. The average molecular weight is 226 g/mol. The normalized spacial score (nSPS) is 17.4. The number of hydrogen-bond donors (Lipinski definition) is 2. The van der Waals surface area contributed by atoms with Gasteiger partial charge in [0.1, 0.15) is 0 Å². The molecule has 0 saturated heterocycles. The maximum absolute atomic E-state index is 13.5. The Balaban J connectivity index is 2.08. The molecule has 4 heteroatoms. The molecule has 16 heavy (non-hydrogen) atoms. The van der Waals surface area contributed by atoms with E-state index in [-0.39, 0.29) is 6.04 Å². The minimum atomic E-state index is -0.816. The van der Waals surface area contributed by atoms with E-state index in [1.165, 1.54) is 18.9 Å². The van der Waals surface area contributed by atoms with Gasteiger partial charge in [-0.1, -0.05) is 25.0 Å². The van der Waals surface area contributed by atoms with Crippen molar-refractivity contribution in [2.45, 2.75) is 31.7 Å². The third kappa shape index (κ3) is 2.57. The summed E-state index contributed by atoms with van der Waals surface area (Å²) in [6.07, 6.45) is 4.28. The van der Waals surface area contributed by atoms with Crippen molar-refractivity contribution in [3.05, 3.63) is 35.4 Å². The molecule has 0 radical (unpaired) electrons. The van der Waals surface area contributed by atoms with Crippen LogP contribution in [0, 0.1) is 17.6 Å². The summed E-state index contributed by atoms with van der Waals surface area (Å²) in [5.74, 6) is 4.54. The zero-order valence-corrected chi connectivity index (χ0v) is 9.05. The molecule has 1 aromatic rings. The van der Waals surface area contributed by atoms with Crippen LogP contribution in [-0.2, 0) is 0 Å². The molecule has 0 amide bonds. The highest BCUT2D eigenvalue weighted by Crippen LogP contribution is 2.36. The monoisotopic (exact) mass is 226 g/mol. The van der Waals surface area contributed by atoms with Gasteiger partial charge in [-0.05, 0) is 24.8 Å². The zero-order chi connectivity index (χ0) is 11.5. The first-order chi connectivity index (χ1) is 7.72. The Morgan fingerprint density at radius 1 is 1.38 bits per heavy atom. The zero-order valence-electron chi connectivity index (χ0n) is 9.05. The molecule has 2 rings (SSSR count). The van der Waals surface area contributed by atoms with Crippen molar-refractivity contribution in [2.24, 2.45) is 11.8 Å². The van der Waals surface area contributed by atoms with Crippen LogP contribution in [0.25, 0.3) is 0 Å². The Kier molecular flexibility index (Phi) is 3.51. The predicted molar refractivity (Wildman–Crippen MR) is 58.4 cm³/mol. The van der Waals surface area contributed by atoms with E-state index in [0.29, 0.717) is 5.56 Å². The SMILES string of the molecule is NNC(CCC1CC1)c1cccc(F)c1F. The molecule has 1 aliphatic rings. The number of nitrogens with two attached hydrogens (primary N) is 1. The second-order valence-corrected chi connectivity index (χ2v) is 4.38. The van der Waals surface area contributed by atoms with Gasteiger partial charge in [-0.25, -0.2) is 8.78 Å². The second kappa shape index (κ2) is 4.89. The molecule has 1 unspecified atom stereocenters. The van der Waals surface area contributed by atoms with Crippen LogP contribution in [0.3, 0.4) is 0 Å². The standard InChI is InChI=1S/C12H16F2N2/c13-10-3-1-2-9(12(10)14)11(16-15)7-6-8-4-5-8/h1-3,8,11,16H,4-7,15H2. The van der Waals surface area contributed by atoms with Crippen molar-refractivity contribution in [3.8, 4) is 0 Å². The van der Waals surface area contributed by atoms with Crippen molar-refractivity contribution >= 4 is 0 Å². The third-order valence-corrected chi connectivity index (χ3v) is 3.12. The van der Waals surface area contributed by atoms with Crippen LogP contribution < -0.4 is 11.3 Å². The molecular weight excluding hydrogens is 210 g/mol. The molecule has 0 spiro atoms. The maximum atomic E-state index is 13.5. The molecule has 3 N–H and O–H groups in total. The minimum absolute atomic E-state index is 0.295. The highest BCUT2D eigenvalue weighted by molar-refractivity contribution is 5.22. The molecule has 0 heterocycles. The predicted octanol–water partition coefficient (Wildman–Crippen LogP) is 2.66. The summed E-state index contributed by atoms with van der Waals surface area (Å²) in [7, 11) is 0. The quantitative estimate of drug-likeness (QED) is 0.598. The van der Waals surface area contributed by atoms with Crippen molar-refractivity contribution in [3.63, 3.8) is 0 Å². The highest BCUT2D eigenvalue weighted by Gasteiger charge is 2.24. The van der Waals surface area contributed by atoms with Gasteiger partial charge < -0.3 is 0 Å². The van der Waals surface area contributed by atoms with E-state index in [4.69, 9.17) is 5.84 Å². The molecule has 1 fully saturated rings. The first-order valence-corrected chi connectivity index (χ1v) is 5.62. The van der Waals surface area contributed by atoms with Gasteiger partial charge in [-0.3, -0.25) is 11.3 Å². The van der Waals surface area contributed by atoms with Crippen LogP contribution in [0.15, 0.2) is 18.2 Å². The van der Waals surface area contributed by atoms with E-state index in [2.05, 4.69) is 5.43 Å². The largest absolute Gasteiger partial charge is 0.271 e. The van der Waals surface area contributed by atoms with E-state index >= 15 is 0 Å². The smallest absolute Gasteiger partial charge is 0.163 e. The Morgan fingerprint density at radius 3 is 2.75 bits per heavy atom. The van der Waals surface area contributed by atoms with Crippen LogP contribution in [-0.4, -0.2) is 0 Å². The van der Waals surface area contributed by atoms with Crippen molar-refractivity contribution in [2.75, 3.05) is 0 Å². The molecule has 1 aliphatic carbocycles. The van der Waals surface area contributed by atoms with Crippen LogP contribution >= 0.6 is 0 Å². The van der Waals surface area contributed by atoms with Gasteiger partial charge in [-0.15, -0.1) is 0 Å². The van der Waals surface area contributed by atoms with Gasteiger partial charge in [0.15, 0.2) is 11.6 Å². The lowest BCUT2D eigenvalue weighted by Crippen LogP contribution is -2.29. The lowest BCUT2D eigenvalue weighted by molar-refractivity contribution is 0.438. The summed E-state index contributed by atoms with van der Waals surface area (Å²) < 4.78 is 26.6. The van der Waals surface area contributed by atoms with Gasteiger partial charge in [0, 0.05) is 11.6 Å². The Bertz CT molecular complexity index is 364. The minimum Gasteiger partial charge on any atom is -0.271 e. The molecule has 1 aromatic carbocycles. The number of nitrogens with one attached hydrogen (secondary N) is 1. The van der Waals surface area contributed by atoms with Gasteiger partial charge >= 0.3 is 0 Å². The Hall–Kier alpha value is -1.00. The molecule has 0 bridgehead atoms. The third-order valence-electron chi connectivity index (χ3n) is 3.12. The van der Waals surface area contributed by atoms with E-state index in [0.717, 1.165) is 24.8 Å². The van der Waals surface area contributed by atoms with Gasteiger partial charge in [-0.2, -0.15) is 0 Å². The van der Waals surface area contributed by atoms with Crippen LogP contribution in [0.1, 0.15) is 37.3 Å². The van der Waals surface area contributed by atoms with Crippen molar-refractivity contribution in [1.82, 2.24) is 5.43 Å². The molecule has 0 aromatic heterocycles. The molecule has 1 saturated carbocycles. The first kappa shape index (κ1) is 11.5. The van der Waals surface area contributed by atoms with E-state index < -0.39 is 11.6 Å². The molecule has 1 atom stereocenters. The van der Waals surface area contributed by atoms with Crippen molar-refractivity contribution < 1.29 is 8.78 Å². The van der Waals surface area contributed by atoms with Crippen LogP contribution in [0.4, 0.5) is 8.78 Å². The highest BCUT2D eigenvalue weighted by atomic mass is 19.2. The fourth-order valence-corrected chi connectivity index (χ4v) is 1.93. The molecular formula is C12H16F2N2. The summed E-state index contributed by atoms with van der Waals surface area (Å²) in [6.45, 7) is 0. The van der Waals surface area contributed by atoms with E-state index in [1.54, 1.807) is 6.07 Å². The summed E-state index contributed by atoms with van der Waals surface area (Å²) in [5, 5.41) is 0. The number of hydrazine groups is 1. The Morgan fingerprint density at radius 2 is 2.12 bits per heavy atom. The number of halogens is 2. The summed E-state index contributed by atoms with van der Waals surface area (Å²) >= 11 is 0. The van der Waals surface area contributed by atoms with Crippen LogP contribution in [0.5, 0.6) is 0 Å². The number of benzene rings is 1. The van der Waals surface area contributed by atoms with E-state index in [9.17, 15) is 8.78 Å². The summed E-state index contributed by atoms with van der Waals surface area (Å²) in [4.78, 5) is 0. The van der Waals surface area contributed by atoms with Crippen LogP contribution in [0.2, 0.25) is 0 Å². The Labute approximate surface area is 93.8 Å². The van der Waals surface area contributed by atoms with Gasteiger partial charge in [0.2, 0.25) is 0 Å². The van der Waals surface area contributed by atoms with Gasteiger partial charge in [0.05, 0.1) is 0 Å². The topological polar surface area (TPSA) is 38.0 Å². The van der Waals surface area contributed by atoms with Gasteiger partial charge in [0.25, 0.3) is 0 Å². The second-order valence-electron chi connectivity index (χ2n) is 4.38. The molecule has 2 nitrogen and oxygen atoms in total. The fourth-order valence-electron chi connectivity index (χ4n) is 1.93. The van der Waals surface area contributed by atoms with E-state index in [1.807, 2.05) is 0 Å². The fraction of sp³-hybridized carbons (Fsp3) is 0.500. The maximum Gasteiger partial charge on any atom is 0.163 e.